The summed E-state index contributed by atoms with van der Waals surface area (Å²) in [6.45, 7) is 3.65. The van der Waals surface area contributed by atoms with Gasteiger partial charge in [-0.05, 0) is 33.1 Å². The minimum atomic E-state index is -3.53. The van der Waals surface area contributed by atoms with Crippen LogP contribution < -0.4 is 4.72 Å². The van der Waals surface area contributed by atoms with E-state index in [-0.39, 0.29) is 11.5 Å². The largest absolute Gasteiger partial charge is 0.396 e. The van der Waals surface area contributed by atoms with E-state index in [1.54, 1.807) is 13.8 Å². The Balaban J connectivity index is 2.58. The summed E-state index contributed by atoms with van der Waals surface area (Å²) in [5.74, 6) is 0.297. The van der Waals surface area contributed by atoms with E-state index in [0.717, 1.165) is 6.42 Å². The molecule has 7 heteroatoms. The molecule has 0 unspecified atom stereocenters. The summed E-state index contributed by atoms with van der Waals surface area (Å²) >= 11 is 0. The fourth-order valence-electron chi connectivity index (χ4n) is 1.55. The van der Waals surface area contributed by atoms with Gasteiger partial charge in [-0.1, -0.05) is 5.16 Å². The predicted octanol–water partition coefficient (Wildman–Crippen LogP) is 0.732. The van der Waals surface area contributed by atoms with Crippen molar-refractivity contribution < 1.29 is 18.0 Å². The summed E-state index contributed by atoms with van der Waals surface area (Å²) in [5.41, 5.74) is 0.366. The smallest absolute Gasteiger partial charge is 0.245 e. The first kappa shape index (κ1) is 14.1. The summed E-state index contributed by atoms with van der Waals surface area (Å²) in [5, 5.41) is 12.2. The van der Waals surface area contributed by atoms with Crippen molar-refractivity contribution in [1.29, 1.82) is 0 Å². The maximum atomic E-state index is 11.9. The van der Waals surface area contributed by atoms with Crippen LogP contribution in [0.25, 0.3) is 0 Å². The molecule has 6 nitrogen and oxygen atoms in total. The molecular formula is C10H18N2O4S. The average molecular weight is 262 g/mol. The monoisotopic (exact) mass is 262 g/mol. The zero-order chi connectivity index (χ0) is 12.9. The van der Waals surface area contributed by atoms with E-state index in [1.807, 2.05) is 0 Å². The van der Waals surface area contributed by atoms with Crippen LogP contribution in [0.3, 0.4) is 0 Å². The number of nitrogens with zero attached hydrogens (tertiary/aromatic N) is 1. The van der Waals surface area contributed by atoms with Crippen LogP contribution in [0.1, 0.15) is 30.7 Å². The molecule has 0 atom stereocenters. The molecule has 1 aromatic rings. The van der Waals surface area contributed by atoms with Crippen molar-refractivity contribution in [2.24, 2.45) is 0 Å². The second-order valence-corrected chi connectivity index (χ2v) is 5.54. The summed E-state index contributed by atoms with van der Waals surface area (Å²) in [7, 11) is -3.53. The highest BCUT2D eigenvalue weighted by Crippen LogP contribution is 2.18. The first-order valence-electron chi connectivity index (χ1n) is 5.52. The maximum Gasteiger partial charge on any atom is 0.245 e. The van der Waals surface area contributed by atoms with Crippen molar-refractivity contribution in [2.45, 2.75) is 38.0 Å². The minimum Gasteiger partial charge on any atom is -0.396 e. The van der Waals surface area contributed by atoms with Crippen LogP contribution in [0.5, 0.6) is 0 Å². The molecule has 98 valence electrons. The molecule has 0 spiro atoms. The molecule has 17 heavy (non-hydrogen) atoms. The van der Waals surface area contributed by atoms with Gasteiger partial charge in [0.25, 0.3) is 0 Å². The molecule has 0 saturated heterocycles. The summed E-state index contributed by atoms with van der Waals surface area (Å²) in [4.78, 5) is 0.125. The molecule has 0 fully saturated rings. The Bertz CT molecular complexity index is 433. The van der Waals surface area contributed by atoms with Gasteiger partial charge in [-0.3, -0.25) is 0 Å². The van der Waals surface area contributed by atoms with Crippen LogP contribution >= 0.6 is 0 Å². The fourth-order valence-corrected chi connectivity index (χ4v) is 2.95. The number of aryl methyl sites for hydroxylation is 2. The molecule has 0 aromatic carbocycles. The molecule has 0 aliphatic rings. The van der Waals surface area contributed by atoms with E-state index in [0.29, 0.717) is 30.8 Å². The second-order valence-electron chi connectivity index (χ2n) is 3.84. The van der Waals surface area contributed by atoms with E-state index < -0.39 is 10.0 Å². The molecule has 0 radical (unpaired) electrons. The molecule has 0 amide bonds. The number of aromatic nitrogens is 1. The highest BCUT2D eigenvalue weighted by molar-refractivity contribution is 7.89. The Kier molecular flexibility index (Phi) is 5.10. The summed E-state index contributed by atoms with van der Waals surface area (Å²) < 4.78 is 31.1. The highest BCUT2D eigenvalue weighted by atomic mass is 32.2. The van der Waals surface area contributed by atoms with Gasteiger partial charge < -0.3 is 9.63 Å². The molecule has 0 saturated carbocycles. The van der Waals surface area contributed by atoms with Crippen LogP contribution in [0.2, 0.25) is 0 Å². The van der Waals surface area contributed by atoms with E-state index in [4.69, 9.17) is 9.63 Å². The van der Waals surface area contributed by atoms with Crippen molar-refractivity contribution in [2.75, 3.05) is 13.2 Å². The van der Waals surface area contributed by atoms with Gasteiger partial charge in [0.05, 0.1) is 0 Å². The molecule has 0 aliphatic carbocycles. The van der Waals surface area contributed by atoms with Gasteiger partial charge in [0.1, 0.15) is 10.6 Å². The third kappa shape index (κ3) is 3.79. The first-order chi connectivity index (χ1) is 7.99. The topological polar surface area (TPSA) is 92.4 Å². The average Bonchev–Trinajstić information content (AvgIpc) is 2.58. The van der Waals surface area contributed by atoms with E-state index in [1.165, 1.54) is 0 Å². The van der Waals surface area contributed by atoms with Gasteiger partial charge in [-0.2, -0.15) is 0 Å². The lowest BCUT2D eigenvalue weighted by atomic mass is 10.2. The van der Waals surface area contributed by atoms with Crippen molar-refractivity contribution in [1.82, 2.24) is 9.88 Å². The molecule has 0 bridgehead atoms. The Labute approximate surface area is 101 Å². The van der Waals surface area contributed by atoms with E-state index in [9.17, 15) is 8.42 Å². The molecule has 2 N–H and O–H groups in total. The first-order valence-corrected chi connectivity index (χ1v) is 7.00. The van der Waals surface area contributed by atoms with Gasteiger partial charge in [-0.25, -0.2) is 13.1 Å². The standard InChI is InChI=1S/C10H18N2O4S/c1-8-10(9(2)16-12-8)17(14,15)11-6-4-3-5-7-13/h11,13H,3-7H2,1-2H3. The van der Waals surface area contributed by atoms with Crippen LogP contribution in [-0.2, 0) is 10.0 Å². The molecule has 0 aliphatic heterocycles. The SMILES string of the molecule is Cc1noc(C)c1S(=O)(=O)NCCCCCO. The van der Waals surface area contributed by atoms with Gasteiger partial charge >= 0.3 is 0 Å². The van der Waals surface area contributed by atoms with Crippen LogP contribution in [0.4, 0.5) is 0 Å². The Morgan fingerprint density at radius 1 is 1.29 bits per heavy atom. The third-order valence-electron chi connectivity index (χ3n) is 2.36. The zero-order valence-corrected chi connectivity index (χ0v) is 10.9. The van der Waals surface area contributed by atoms with Gasteiger partial charge in [0.15, 0.2) is 5.76 Å². The minimum absolute atomic E-state index is 0.125. The third-order valence-corrected chi connectivity index (χ3v) is 4.07. The Hall–Kier alpha value is -0.920. The van der Waals surface area contributed by atoms with Gasteiger partial charge in [0.2, 0.25) is 10.0 Å². The number of sulfonamides is 1. The normalized spacial score (nSPS) is 11.9. The number of rotatable bonds is 7. The van der Waals surface area contributed by atoms with Crippen molar-refractivity contribution in [3.8, 4) is 0 Å². The fraction of sp³-hybridized carbons (Fsp3) is 0.700. The molecular weight excluding hydrogens is 244 g/mol. The lowest BCUT2D eigenvalue weighted by molar-refractivity contribution is 0.283. The van der Waals surface area contributed by atoms with E-state index in [2.05, 4.69) is 9.88 Å². The van der Waals surface area contributed by atoms with Gasteiger partial charge in [0, 0.05) is 13.2 Å². The number of hydrogen-bond donors (Lipinski definition) is 2. The molecule has 1 heterocycles. The Morgan fingerprint density at radius 2 is 2.00 bits per heavy atom. The van der Waals surface area contributed by atoms with Crippen molar-refractivity contribution in [3.05, 3.63) is 11.5 Å². The number of hydrogen-bond acceptors (Lipinski definition) is 5. The van der Waals surface area contributed by atoms with Crippen molar-refractivity contribution >= 4 is 10.0 Å². The lowest BCUT2D eigenvalue weighted by Gasteiger charge is -2.05. The predicted molar refractivity (Wildman–Crippen MR) is 62.1 cm³/mol. The maximum absolute atomic E-state index is 11.9. The van der Waals surface area contributed by atoms with E-state index >= 15 is 0 Å². The highest BCUT2D eigenvalue weighted by Gasteiger charge is 2.23. The zero-order valence-electron chi connectivity index (χ0n) is 10.1. The van der Waals surface area contributed by atoms with Crippen LogP contribution in [-0.4, -0.2) is 31.8 Å². The summed E-state index contributed by atoms with van der Waals surface area (Å²) in [6, 6.07) is 0. The quantitative estimate of drug-likeness (QED) is 0.707. The van der Waals surface area contributed by atoms with Crippen LogP contribution in [0.15, 0.2) is 9.42 Å². The number of unbranched alkanes of at least 4 members (excludes halogenated alkanes) is 2. The number of aliphatic hydroxyl groups is 1. The summed E-state index contributed by atoms with van der Waals surface area (Å²) in [6.07, 6.45) is 2.18. The molecule has 1 rings (SSSR count). The number of nitrogens with one attached hydrogen (secondary N) is 1. The molecule has 1 aromatic heterocycles. The van der Waals surface area contributed by atoms with Crippen LogP contribution in [0, 0.1) is 13.8 Å². The Morgan fingerprint density at radius 3 is 2.53 bits per heavy atom. The van der Waals surface area contributed by atoms with Crippen molar-refractivity contribution in [3.63, 3.8) is 0 Å². The number of aliphatic hydroxyl groups excluding tert-OH is 1. The van der Waals surface area contributed by atoms with Gasteiger partial charge in [-0.15, -0.1) is 0 Å². The lowest BCUT2D eigenvalue weighted by Crippen LogP contribution is -2.25. The second kappa shape index (κ2) is 6.13.